The molecular formula is C12H17N3O5. The average molecular weight is 283 g/mol. The quantitative estimate of drug-likeness (QED) is 0.694. The molecule has 2 heterocycles. The van der Waals surface area contributed by atoms with E-state index in [2.05, 4.69) is 0 Å². The topological polar surface area (TPSA) is 98.2 Å². The van der Waals surface area contributed by atoms with E-state index in [9.17, 15) is 19.2 Å². The zero-order valence-corrected chi connectivity index (χ0v) is 11.2. The third-order valence-electron chi connectivity index (χ3n) is 3.63. The molecule has 0 aromatic carbocycles. The summed E-state index contributed by atoms with van der Waals surface area (Å²) in [4.78, 5) is 49.9. The third kappa shape index (κ3) is 2.59. The van der Waals surface area contributed by atoms with Gasteiger partial charge in [-0.3, -0.25) is 14.5 Å². The molecule has 0 saturated carbocycles. The number of rotatable bonds is 3. The highest BCUT2D eigenvalue weighted by atomic mass is 16.4. The van der Waals surface area contributed by atoms with Crippen molar-refractivity contribution in [1.82, 2.24) is 14.7 Å². The first-order chi connectivity index (χ1) is 9.41. The van der Waals surface area contributed by atoms with Crippen LogP contribution in [0.1, 0.15) is 19.3 Å². The van der Waals surface area contributed by atoms with Crippen LogP contribution in [0.5, 0.6) is 0 Å². The number of likely N-dealkylation sites (N-methyl/N-ethyl adjacent to an activating group) is 1. The number of amides is 4. The molecule has 0 aromatic heterocycles. The van der Waals surface area contributed by atoms with E-state index in [1.807, 2.05) is 0 Å². The van der Waals surface area contributed by atoms with Crippen molar-refractivity contribution in [2.75, 3.05) is 26.7 Å². The van der Waals surface area contributed by atoms with Crippen LogP contribution in [-0.2, 0) is 14.4 Å². The largest absolute Gasteiger partial charge is 0.480 e. The Bertz CT molecular complexity index is 464. The van der Waals surface area contributed by atoms with Crippen LogP contribution >= 0.6 is 0 Å². The number of likely N-dealkylation sites (tertiary alicyclic amines) is 1. The lowest BCUT2D eigenvalue weighted by Gasteiger charge is -2.33. The lowest BCUT2D eigenvalue weighted by molar-refractivity contribution is -0.152. The van der Waals surface area contributed by atoms with Crippen LogP contribution in [0.2, 0.25) is 0 Å². The van der Waals surface area contributed by atoms with Gasteiger partial charge in [-0.05, 0) is 19.3 Å². The Kier molecular flexibility index (Phi) is 3.91. The molecule has 0 aliphatic carbocycles. The maximum Gasteiger partial charge on any atom is 0.327 e. The van der Waals surface area contributed by atoms with Crippen LogP contribution in [0, 0.1) is 0 Å². The Morgan fingerprint density at radius 1 is 1.30 bits per heavy atom. The van der Waals surface area contributed by atoms with E-state index >= 15 is 0 Å². The Morgan fingerprint density at radius 3 is 2.55 bits per heavy atom. The fourth-order valence-corrected chi connectivity index (χ4v) is 2.54. The van der Waals surface area contributed by atoms with Gasteiger partial charge in [0.05, 0.1) is 0 Å². The van der Waals surface area contributed by atoms with Crippen molar-refractivity contribution in [3.63, 3.8) is 0 Å². The Labute approximate surface area is 115 Å². The van der Waals surface area contributed by atoms with E-state index in [4.69, 9.17) is 5.11 Å². The number of nitrogens with zero attached hydrogens (tertiary/aromatic N) is 3. The van der Waals surface area contributed by atoms with Gasteiger partial charge in [0.1, 0.15) is 19.1 Å². The van der Waals surface area contributed by atoms with Gasteiger partial charge < -0.3 is 14.9 Å². The minimum absolute atomic E-state index is 0.0472. The molecule has 0 aromatic rings. The number of carbonyl (C=O) groups excluding carboxylic acids is 3. The molecule has 8 nitrogen and oxygen atoms in total. The molecule has 2 rings (SSSR count). The van der Waals surface area contributed by atoms with Crippen molar-refractivity contribution in [1.29, 1.82) is 0 Å². The summed E-state index contributed by atoms with van der Waals surface area (Å²) in [6, 6.07) is -1.38. The van der Waals surface area contributed by atoms with Crippen LogP contribution in [-0.4, -0.2) is 76.3 Å². The van der Waals surface area contributed by atoms with Crippen molar-refractivity contribution in [2.24, 2.45) is 0 Å². The summed E-state index contributed by atoms with van der Waals surface area (Å²) in [5.74, 6) is -1.97. The second-order valence-corrected chi connectivity index (χ2v) is 5.06. The summed E-state index contributed by atoms with van der Waals surface area (Å²) in [6.07, 6.45) is 1.89. The van der Waals surface area contributed by atoms with E-state index in [1.54, 1.807) is 0 Å². The smallest absolute Gasteiger partial charge is 0.327 e. The summed E-state index contributed by atoms with van der Waals surface area (Å²) in [6.45, 7) is -0.0812. The molecule has 2 saturated heterocycles. The molecule has 8 heteroatoms. The maximum absolute atomic E-state index is 12.2. The van der Waals surface area contributed by atoms with Crippen LogP contribution in [0.3, 0.4) is 0 Å². The second kappa shape index (κ2) is 5.48. The summed E-state index contributed by atoms with van der Waals surface area (Å²) < 4.78 is 0. The monoisotopic (exact) mass is 283 g/mol. The molecule has 2 fully saturated rings. The van der Waals surface area contributed by atoms with Gasteiger partial charge in [0, 0.05) is 13.6 Å². The predicted octanol–water partition coefficient (Wildman–Crippen LogP) is -0.654. The number of carbonyl (C=O) groups is 4. The Balaban J connectivity index is 2.05. The lowest BCUT2D eigenvalue weighted by atomic mass is 10.0. The molecule has 2 aliphatic rings. The van der Waals surface area contributed by atoms with E-state index in [1.165, 1.54) is 16.8 Å². The van der Waals surface area contributed by atoms with Gasteiger partial charge in [-0.15, -0.1) is 0 Å². The molecular weight excluding hydrogens is 266 g/mol. The number of hydrogen-bond donors (Lipinski definition) is 1. The fourth-order valence-electron chi connectivity index (χ4n) is 2.54. The number of urea groups is 1. The molecule has 1 atom stereocenters. The van der Waals surface area contributed by atoms with Crippen molar-refractivity contribution in [3.05, 3.63) is 0 Å². The van der Waals surface area contributed by atoms with Gasteiger partial charge in [-0.25, -0.2) is 9.59 Å². The van der Waals surface area contributed by atoms with Gasteiger partial charge in [0.25, 0.3) is 5.91 Å². The van der Waals surface area contributed by atoms with Crippen molar-refractivity contribution < 1.29 is 24.3 Å². The van der Waals surface area contributed by atoms with Gasteiger partial charge in [0.2, 0.25) is 5.91 Å². The standard InChI is InChI=1S/C12H17N3O5/c1-13-6-9(16)15(12(13)20)7-10(17)14-5-3-2-4-8(14)11(18)19/h8H,2-7H2,1H3,(H,18,19)/t8-/m1/s1. The molecule has 0 bridgehead atoms. The van der Waals surface area contributed by atoms with Gasteiger partial charge in [-0.1, -0.05) is 0 Å². The van der Waals surface area contributed by atoms with Crippen LogP contribution in [0.25, 0.3) is 0 Å². The SMILES string of the molecule is CN1CC(=O)N(CC(=O)N2CCCC[C@@H]2C(=O)O)C1=O. The zero-order chi connectivity index (χ0) is 14.9. The zero-order valence-electron chi connectivity index (χ0n) is 11.2. The molecule has 20 heavy (non-hydrogen) atoms. The molecule has 1 N–H and O–H groups in total. The van der Waals surface area contributed by atoms with Crippen molar-refractivity contribution in [2.45, 2.75) is 25.3 Å². The Morgan fingerprint density at radius 2 is 2.00 bits per heavy atom. The molecule has 4 amide bonds. The number of imide groups is 1. The normalized spacial score (nSPS) is 23.4. The minimum Gasteiger partial charge on any atom is -0.480 e. The highest BCUT2D eigenvalue weighted by Crippen LogP contribution is 2.18. The number of aliphatic carboxylic acids is 1. The van der Waals surface area contributed by atoms with Gasteiger partial charge >= 0.3 is 12.0 Å². The summed E-state index contributed by atoms with van der Waals surface area (Å²) in [5, 5.41) is 9.11. The first-order valence-corrected chi connectivity index (χ1v) is 6.49. The lowest BCUT2D eigenvalue weighted by Crippen LogP contribution is -2.52. The minimum atomic E-state index is -1.05. The van der Waals surface area contributed by atoms with E-state index < -0.39 is 29.9 Å². The van der Waals surface area contributed by atoms with E-state index in [-0.39, 0.29) is 13.1 Å². The first kappa shape index (κ1) is 14.3. The summed E-state index contributed by atoms with van der Waals surface area (Å²) in [7, 11) is 1.48. The average Bonchev–Trinajstić information content (AvgIpc) is 2.65. The number of piperidine rings is 1. The summed E-state index contributed by atoms with van der Waals surface area (Å²) >= 11 is 0. The highest BCUT2D eigenvalue weighted by Gasteiger charge is 2.38. The molecule has 2 aliphatic heterocycles. The number of carboxylic acid groups (broad SMARTS) is 1. The van der Waals surface area contributed by atoms with E-state index in [0.29, 0.717) is 13.0 Å². The number of carboxylic acids is 1. The maximum atomic E-state index is 12.2. The Hall–Kier alpha value is -2.12. The predicted molar refractivity (Wildman–Crippen MR) is 66.7 cm³/mol. The van der Waals surface area contributed by atoms with Crippen LogP contribution in [0.15, 0.2) is 0 Å². The van der Waals surface area contributed by atoms with Crippen LogP contribution in [0.4, 0.5) is 4.79 Å². The van der Waals surface area contributed by atoms with Gasteiger partial charge in [0.15, 0.2) is 0 Å². The van der Waals surface area contributed by atoms with E-state index in [0.717, 1.165) is 17.7 Å². The third-order valence-corrected chi connectivity index (χ3v) is 3.63. The molecule has 0 unspecified atom stereocenters. The fraction of sp³-hybridized carbons (Fsp3) is 0.667. The first-order valence-electron chi connectivity index (χ1n) is 6.49. The summed E-state index contributed by atoms with van der Waals surface area (Å²) in [5.41, 5.74) is 0. The van der Waals surface area contributed by atoms with Gasteiger partial charge in [-0.2, -0.15) is 0 Å². The van der Waals surface area contributed by atoms with Crippen molar-refractivity contribution in [3.8, 4) is 0 Å². The highest BCUT2D eigenvalue weighted by molar-refractivity contribution is 6.04. The van der Waals surface area contributed by atoms with Crippen LogP contribution < -0.4 is 0 Å². The van der Waals surface area contributed by atoms with Crippen molar-refractivity contribution >= 4 is 23.8 Å². The molecule has 0 radical (unpaired) electrons. The second-order valence-electron chi connectivity index (χ2n) is 5.06. The molecule has 110 valence electrons. The molecule has 0 spiro atoms. The number of hydrogen-bond acceptors (Lipinski definition) is 4.